The van der Waals surface area contributed by atoms with E-state index in [1.54, 1.807) is 11.8 Å². The first-order chi connectivity index (χ1) is 6.19. The number of ether oxygens (including phenoxy) is 1. The first-order valence-corrected chi connectivity index (χ1v) is 4.38. The highest BCUT2D eigenvalue weighted by atomic mass is 16.5. The van der Waals surface area contributed by atoms with Crippen molar-refractivity contribution in [3.8, 4) is 0 Å². The largest absolute Gasteiger partial charge is 0.384 e. The van der Waals surface area contributed by atoms with Crippen LogP contribution < -0.4 is 0 Å². The van der Waals surface area contributed by atoms with Crippen molar-refractivity contribution in [3.63, 3.8) is 0 Å². The molecule has 1 heterocycles. The Balaban J connectivity index is 2.80. The van der Waals surface area contributed by atoms with Crippen molar-refractivity contribution >= 4 is 0 Å². The molecule has 0 fully saturated rings. The zero-order valence-electron chi connectivity index (χ0n) is 8.32. The topological polar surface area (TPSA) is 47.3 Å². The van der Waals surface area contributed by atoms with Crippen molar-refractivity contribution in [1.82, 2.24) is 9.78 Å². The molecule has 0 bridgehead atoms. The second-order valence-corrected chi connectivity index (χ2v) is 3.01. The van der Waals surface area contributed by atoms with Gasteiger partial charge in [0, 0.05) is 14.2 Å². The third-order valence-electron chi connectivity index (χ3n) is 1.99. The zero-order valence-corrected chi connectivity index (χ0v) is 8.32. The molecule has 0 aliphatic heterocycles. The van der Waals surface area contributed by atoms with Crippen molar-refractivity contribution in [2.45, 2.75) is 19.4 Å². The van der Waals surface area contributed by atoms with Crippen molar-refractivity contribution in [1.29, 1.82) is 0 Å². The van der Waals surface area contributed by atoms with Crippen LogP contribution in [0.1, 0.15) is 24.4 Å². The molecular formula is C9H16N2O2. The van der Waals surface area contributed by atoms with Gasteiger partial charge in [-0.25, -0.2) is 0 Å². The monoisotopic (exact) mass is 184 g/mol. The average molecular weight is 184 g/mol. The molecule has 1 atom stereocenters. The number of hydrogen-bond acceptors (Lipinski definition) is 3. The Morgan fingerprint density at radius 2 is 2.38 bits per heavy atom. The molecule has 4 heteroatoms. The molecule has 1 rings (SSSR count). The minimum absolute atomic E-state index is 0.308. The maximum absolute atomic E-state index is 9.62. The summed E-state index contributed by atoms with van der Waals surface area (Å²) in [6.45, 7) is 2.34. The van der Waals surface area contributed by atoms with Gasteiger partial charge in [-0.2, -0.15) is 5.10 Å². The molecule has 0 aliphatic rings. The molecule has 0 amide bonds. The SMILES string of the molecule is CCc1cc(C(O)COC)n(C)n1. The number of hydrogen-bond donors (Lipinski definition) is 1. The predicted molar refractivity (Wildman–Crippen MR) is 49.4 cm³/mol. The number of nitrogens with zero attached hydrogens (tertiary/aromatic N) is 2. The maximum Gasteiger partial charge on any atom is 0.119 e. The van der Waals surface area contributed by atoms with E-state index in [1.807, 2.05) is 20.0 Å². The standard InChI is InChI=1S/C9H16N2O2/c1-4-7-5-8(11(2)10-7)9(12)6-13-3/h5,9,12H,4,6H2,1-3H3. The Hall–Kier alpha value is -0.870. The van der Waals surface area contributed by atoms with Gasteiger partial charge in [-0.3, -0.25) is 4.68 Å². The highest BCUT2D eigenvalue weighted by Gasteiger charge is 2.12. The molecule has 1 N–H and O–H groups in total. The summed E-state index contributed by atoms with van der Waals surface area (Å²) in [5.74, 6) is 0. The van der Waals surface area contributed by atoms with Crippen LogP contribution in [0.5, 0.6) is 0 Å². The van der Waals surface area contributed by atoms with E-state index >= 15 is 0 Å². The lowest BCUT2D eigenvalue weighted by Gasteiger charge is -2.08. The van der Waals surface area contributed by atoms with Crippen LogP contribution in [0.3, 0.4) is 0 Å². The van der Waals surface area contributed by atoms with Gasteiger partial charge in [0.1, 0.15) is 6.10 Å². The number of methoxy groups -OCH3 is 1. The van der Waals surface area contributed by atoms with Crippen molar-refractivity contribution < 1.29 is 9.84 Å². The minimum Gasteiger partial charge on any atom is -0.384 e. The van der Waals surface area contributed by atoms with Crippen LogP contribution in [0, 0.1) is 0 Å². The third-order valence-corrected chi connectivity index (χ3v) is 1.99. The number of aliphatic hydroxyl groups is 1. The molecule has 0 spiro atoms. The average Bonchev–Trinajstić information content (AvgIpc) is 2.47. The Morgan fingerprint density at radius 1 is 1.69 bits per heavy atom. The van der Waals surface area contributed by atoms with Gasteiger partial charge in [-0.1, -0.05) is 6.92 Å². The zero-order chi connectivity index (χ0) is 9.84. The van der Waals surface area contributed by atoms with Gasteiger partial charge >= 0.3 is 0 Å². The summed E-state index contributed by atoms with van der Waals surface area (Å²) in [6.07, 6.45) is 0.302. The number of rotatable bonds is 4. The van der Waals surface area contributed by atoms with Gasteiger partial charge < -0.3 is 9.84 Å². The van der Waals surface area contributed by atoms with E-state index in [2.05, 4.69) is 5.10 Å². The van der Waals surface area contributed by atoms with E-state index in [0.29, 0.717) is 6.61 Å². The van der Waals surface area contributed by atoms with Crippen LogP contribution in [0.15, 0.2) is 6.07 Å². The lowest BCUT2D eigenvalue weighted by molar-refractivity contribution is 0.0593. The normalized spacial score (nSPS) is 13.2. The smallest absolute Gasteiger partial charge is 0.119 e. The molecule has 0 radical (unpaired) electrons. The molecular weight excluding hydrogens is 168 g/mol. The van der Waals surface area contributed by atoms with Crippen LogP contribution in [-0.2, 0) is 18.2 Å². The van der Waals surface area contributed by atoms with E-state index in [1.165, 1.54) is 0 Å². The summed E-state index contributed by atoms with van der Waals surface area (Å²) >= 11 is 0. The van der Waals surface area contributed by atoms with E-state index in [4.69, 9.17) is 4.74 Å². The number of aromatic nitrogens is 2. The molecule has 74 valence electrons. The van der Waals surface area contributed by atoms with Crippen molar-refractivity contribution in [3.05, 3.63) is 17.5 Å². The van der Waals surface area contributed by atoms with Crippen LogP contribution >= 0.6 is 0 Å². The molecule has 1 aromatic heterocycles. The quantitative estimate of drug-likeness (QED) is 0.747. The van der Waals surface area contributed by atoms with Crippen LogP contribution in [-0.4, -0.2) is 28.6 Å². The van der Waals surface area contributed by atoms with Gasteiger partial charge in [0.15, 0.2) is 0 Å². The lowest BCUT2D eigenvalue weighted by Crippen LogP contribution is -2.10. The van der Waals surface area contributed by atoms with Gasteiger partial charge in [0.2, 0.25) is 0 Å². The molecule has 1 unspecified atom stereocenters. The van der Waals surface area contributed by atoms with Gasteiger partial charge in [-0.05, 0) is 12.5 Å². The summed E-state index contributed by atoms with van der Waals surface area (Å²) in [7, 11) is 3.40. The van der Waals surface area contributed by atoms with E-state index < -0.39 is 6.10 Å². The van der Waals surface area contributed by atoms with E-state index in [-0.39, 0.29) is 0 Å². The second kappa shape index (κ2) is 4.39. The van der Waals surface area contributed by atoms with Crippen LogP contribution in [0.25, 0.3) is 0 Å². The third kappa shape index (κ3) is 2.29. The van der Waals surface area contributed by atoms with Crippen LogP contribution in [0.4, 0.5) is 0 Å². The molecule has 4 nitrogen and oxygen atoms in total. The van der Waals surface area contributed by atoms with Crippen molar-refractivity contribution in [2.75, 3.05) is 13.7 Å². The molecule has 13 heavy (non-hydrogen) atoms. The fourth-order valence-electron chi connectivity index (χ4n) is 1.27. The summed E-state index contributed by atoms with van der Waals surface area (Å²) in [5.41, 5.74) is 1.80. The Morgan fingerprint density at radius 3 is 2.85 bits per heavy atom. The Labute approximate surface area is 78.1 Å². The summed E-state index contributed by atoms with van der Waals surface area (Å²) < 4.78 is 6.56. The molecule has 0 saturated carbocycles. The second-order valence-electron chi connectivity index (χ2n) is 3.01. The lowest BCUT2D eigenvalue weighted by atomic mass is 10.2. The number of aliphatic hydroxyl groups excluding tert-OH is 1. The molecule has 1 aromatic rings. The Bertz CT molecular complexity index is 271. The first kappa shape index (κ1) is 10.2. The van der Waals surface area contributed by atoms with E-state index in [0.717, 1.165) is 17.8 Å². The highest BCUT2D eigenvalue weighted by Crippen LogP contribution is 2.13. The Kier molecular flexibility index (Phi) is 3.45. The van der Waals surface area contributed by atoms with Crippen LogP contribution in [0.2, 0.25) is 0 Å². The fourth-order valence-corrected chi connectivity index (χ4v) is 1.27. The first-order valence-electron chi connectivity index (χ1n) is 4.38. The van der Waals surface area contributed by atoms with E-state index in [9.17, 15) is 5.11 Å². The summed E-state index contributed by atoms with van der Waals surface area (Å²) in [4.78, 5) is 0. The highest BCUT2D eigenvalue weighted by molar-refractivity contribution is 5.12. The van der Waals surface area contributed by atoms with Crippen molar-refractivity contribution in [2.24, 2.45) is 7.05 Å². The summed E-state index contributed by atoms with van der Waals surface area (Å²) in [5, 5.41) is 13.9. The molecule has 0 saturated heterocycles. The molecule has 0 aliphatic carbocycles. The van der Waals surface area contributed by atoms with Gasteiger partial charge in [-0.15, -0.1) is 0 Å². The molecule has 0 aromatic carbocycles. The minimum atomic E-state index is -0.581. The van der Waals surface area contributed by atoms with Gasteiger partial charge in [0.25, 0.3) is 0 Å². The summed E-state index contributed by atoms with van der Waals surface area (Å²) in [6, 6.07) is 1.91. The number of aryl methyl sites for hydroxylation is 2. The maximum atomic E-state index is 9.62. The fraction of sp³-hybridized carbons (Fsp3) is 0.667. The van der Waals surface area contributed by atoms with Gasteiger partial charge in [0.05, 0.1) is 18.0 Å². The predicted octanol–water partition coefficient (Wildman–Crippen LogP) is 0.662.